The van der Waals surface area contributed by atoms with Crippen LogP contribution < -0.4 is 5.63 Å². The summed E-state index contributed by atoms with van der Waals surface area (Å²) in [5, 5.41) is 11.3. The molecule has 7 nitrogen and oxygen atoms in total. The Labute approximate surface area is 171 Å². The van der Waals surface area contributed by atoms with Crippen LogP contribution in [0.15, 0.2) is 62.2 Å². The van der Waals surface area contributed by atoms with Crippen LogP contribution in [0.3, 0.4) is 0 Å². The summed E-state index contributed by atoms with van der Waals surface area (Å²) in [6.45, 7) is 0.437. The molecule has 0 saturated carbocycles. The van der Waals surface area contributed by atoms with E-state index in [0.29, 0.717) is 28.8 Å². The Hall–Kier alpha value is -2.65. The summed E-state index contributed by atoms with van der Waals surface area (Å²) in [5.74, 6) is 0.223. The van der Waals surface area contributed by atoms with Gasteiger partial charge >= 0.3 is 5.63 Å². The fraction of sp³-hybridized carbons (Fsp3) is 0.158. The number of non-ortho nitro benzene ring substituents is 1. The van der Waals surface area contributed by atoms with Gasteiger partial charge in [-0.1, -0.05) is 28.1 Å². The molecule has 0 unspecified atom stereocenters. The molecule has 28 heavy (non-hydrogen) atoms. The van der Waals surface area contributed by atoms with Crippen molar-refractivity contribution in [3.63, 3.8) is 0 Å². The van der Waals surface area contributed by atoms with Gasteiger partial charge in [-0.25, -0.2) is 4.79 Å². The summed E-state index contributed by atoms with van der Waals surface area (Å²) < 4.78 is 6.10. The van der Waals surface area contributed by atoms with E-state index in [1.165, 1.54) is 30.0 Å². The van der Waals surface area contributed by atoms with Crippen LogP contribution >= 0.6 is 27.7 Å². The first kappa shape index (κ1) is 18.7. The zero-order valence-electron chi connectivity index (χ0n) is 14.3. The lowest BCUT2D eigenvalue weighted by atomic mass is 10.1. The standard InChI is InChI=1S/C19H13BrN2O5S/c20-13-4-5-16-12(8-13)10-15(19(24)27-16)17(23)21-6-7-28-18(21)11-2-1-3-14(9-11)22(25)26/h1-5,8-10,18H,6-7H2/t18-/m1/s1. The molecule has 0 bridgehead atoms. The normalized spacial score (nSPS) is 16.5. The molecule has 1 aliphatic heterocycles. The maximum absolute atomic E-state index is 13.1. The third-order valence-electron chi connectivity index (χ3n) is 4.44. The van der Waals surface area contributed by atoms with Crippen molar-refractivity contribution >= 4 is 50.3 Å². The van der Waals surface area contributed by atoms with Crippen molar-refractivity contribution in [2.24, 2.45) is 0 Å². The third kappa shape index (κ3) is 3.43. The lowest BCUT2D eigenvalue weighted by Gasteiger charge is -2.23. The second kappa shape index (κ2) is 7.40. The molecule has 0 radical (unpaired) electrons. The van der Waals surface area contributed by atoms with Crippen molar-refractivity contribution in [3.05, 3.63) is 84.7 Å². The molecule has 1 saturated heterocycles. The number of carbonyl (C=O) groups excluding carboxylic acids is 1. The zero-order chi connectivity index (χ0) is 19.8. The van der Waals surface area contributed by atoms with E-state index in [4.69, 9.17) is 4.42 Å². The lowest BCUT2D eigenvalue weighted by Crippen LogP contribution is -2.33. The highest BCUT2D eigenvalue weighted by Crippen LogP contribution is 2.39. The van der Waals surface area contributed by atoms with Crippen LogP contribution in [0, 0.1) is 10.1 Å². The first-order valence-electron chi connectivity index (χ1n) is 8.34. The van der Waals surface area contributed by atoms with E-state index < -0.39 is 21.8 Å². The van der Waals surface area contributed by atoms with E-state index in [1.54, 1.807) is 35.2 Å². The fourth-order valence-electron chi connectivity index (χ4n) is 3.14. The molecule has 1 aromatic heterocycles. The smallest absolute Gasteiger partial charge is 0.349 e. The van der Waals surface area contributed by atoms with Gasteiger partial charge < -0.3 is 9.32 Å². The number of carbonyl (C=O) groups is 1. The van der Waals surface area contributed by atoms with Crippen molar-refractivity contribution in [1.29, 1.82) is 0 Å². The molecule has 1 amide bonds. The van der Waals surface area contributed by atoms with Gasteiger partial charge in [0.25, 0.3) is 11.6 Å². The summed E-state index contributed by atoms with van der Waals surface area (Å²) in [6.07, 6.45) is 0. The molecule has 0 N–H and O–H groups in total. The number of nitrogens with zero attached hydrogens (tertiary/aromatic N) is 2. The van der Waals surface area contributed by atoms with Gasteiger partial charge in [0.05, 0.1) is 4.92 Å². The van der Waals surface area contributed by atoms with Gasteiger partial charge in [-0.3, -0.25) is 14.9 Å². The molecule has 1 fully saturated rings. The van der Waals surface area contributed by atoms with E-state index in [2.05, 4.69) is 15.9 Å². The quantitative estimate of drug-likeness (QED) is 0.327. The van der Waals surface area contributed by atoms with Crippen LogP contribution in [-0.2, 0) is 0 Å². The Morgan fingerprint density at radius 2 is 2.07 bits per heavy atom. The van der Waals surface area contributed by atoms with Gasteiger partial charge in [0.1, 0.15) is 16.5 Å². The number of amides is 1. The van der Waals surface area contributed by atoms with E-state index in [0.717, 1.165) is 4.47 Å². The Balaban J connectivity index is 1.72. The highest BCUT2D eigenvalue weighted by molar-refractivity contribution is 9.10. The van der Waals surface area contributed by atoms with Gasteiger partial charge in [-0.2, -0.15) is 0 Å². The lowest BCUT2D eigenvalue weighted by molar-refractivity contribution is -0.384. The zero-order valence-corrected chi connectivity index (χ0v) is 16.7. The first-order valence-corrected chi connectivity index (χ1v) is 10.2. The van der Waals surface area contributed by atoms with E-state index >= 15 is 0 Å². The van der Waals surface area contributed by atoms with Crippen LogP contribution in [0.25, 0.3) is 11.0 Å². The number of nitro groups is 1. The maximum atomic E-state index is 13.1. The molecule has 0 spiro atoms. The molecule has 142 valence electrons. The van der Waals surface area contributed by atoms with Crippen molar-refractivity contribution in [2.75, 3.05) is 12.3 Å². The third-order valence-corrected chi connectivity index (χ3v) is 6.20. The number of nitro benzene ring substituents is 1. The van der Waals surface area contributed by atoms with Crippen molar-refractivity contribution in [1.82, 2.24) is 4.90 Å². The topological polar surface area (TPSA) is 93.7 Å². The van der Waals surface area contributed by atoms with Crippen LogP contribution in [0.2, 0.25) is 0 Å². The van der Waals surface area contributed by atoms with Gasteiger partial charge in [-0.05, 0) is 29.8 Å². The van der Waals surface area contributed by atoms with Crippen LogP contribution in [0.5, 0.6) is 0 Å². The molecule has 2 aromatic carbocycles. The van der Waals surface area contributed by atoms with E-state index in [-0.39, 0.29) is 11.3 Å². The highest BCUT2D eigenvalue weighted by Gasteiger charge is 2.33. The molecule has 9 heteroatoms. The number of halogens is 1. The number of hydrogen-bond acceptors (Lipinski definition) is 6. The minimum atomic E-state index is -0.700. The summed E-state index contributed by atoms with van der Waals surface area (Å²) in [4.78, 5) is 37.6. The van der Waals surface area contributed by atoms with Crippen LogP contribution in [-0.4, -0.2) is 28.0 Å². The van der Waals surface area contributed by atoms with Crippen molar-refractivity contribution < 1.29 is 14.1 Å². The number of thioether (sulfide) groups is 1. The molecule has 4 rings (SSSR count). The molecule has 3 aromatic rings. The predicted octanol–water partition coefficient (Wildman–Crippen LogP) is 4.35. The minimum Gasteiger partial charge on any atom is -0.422 e. The fourth-order valence-corrected chi connectivity index (χ4v) is 4.77. The van der Waals surface area contributed by atoms with Crippen molar-refractivity contribution in [2.45, 2.75) is 5.37 Å². The summed E-state index contributed by atoms with van der Waals surface area (Å²) >= 11 is 4.87. The Morgan fingerprint density at radius 1 is 1.25 bits per heavy atom. The second-order valence-electron chi connectivity index (χ2n) is 6.20. The molecule has 2 heterocycles. The molecular weight excluding hydrogens is 448 g/mol. The SMILES string of the molecule is O=C(c1cc2cc(Br)ccc2oc1=O)N1CCS[C@@H]1c1cccc([N+](=O)[O-])c1. The summed E-state index contributed by atoms with van der Waals surface area (Å²) in [7, 11) is 0. The van der Waals surface area contributed by atoms with Crippen LogP contribution in [0.1, 0.15) is 21.3 Å². The van der Waals surface area contributed by atoms with Gasteiger partial charge in [0.15, 0.2) is 0 Å². The van der Waals surface area contributed by atoms with E-state index in [9.17, 15) is 19.7 Å². The van der Waals surface area contributed by atoms with Gasteiger partial charge in [-0.15, -0.1) is 11.8 Å². The predicted molar refractivity (Wildman–Crippen MR) is 110 cm³/mol. The Morgan fingerprint density at radius 3 is 2.86 bits per heavy atom. The van der Waals surface area contributed by atoms with Crippen LogP contribution in [0.4, 0.5) is 5.69 Å². The average molecular weight is 461 g/mol. The summed E-state index contributed by atoms with van der Waals surface area (Å²) in [5.41, 5.74) is 0.263. The van der Waals surface area contributed by atoms with Gasteiger partial charge in [0.2, 0.25) is 0 Å². The Bertz CT molecular complexity index is 1160. The van der Waals surface area contributed by atoms with E-state index in [1.807, 2.05) is 0 Å². The number of fused-ring (bicyclic) bond motifs is 1. The maximum Gasteiger partial charge on any atom is 0.349 e. The molecule has 1 atom stereocenters. The minimum absolute atomic E-state index is 0.0348. The highest BCUT2D eigenvalue weighted by atomic mass is 79.9. The number of rotatable bonds is 3. The van der Waals surface area contributed by atoms with Crippen molar-refractivity contribution in [3.8, 4) is 0 Å². The largest absolute Gasteiger partial charge is 0.422 e. The molecule has 0 aliphatic carbocycles. The first-order chi connectivity index (χ1) is 13.4. The molecule has 1 aliphatic rings. The summed E-state index contributed by atoms with van der Waals surface area (Å²) in [6, 6.07) is 12.9. The number of hydrogen-bond donors (Lipinski definition) is 0. The number of benzene rings is 2. The second-order valence-corrected chi connectivity index (χ2v) is 8.31. The Kier molecular flexibility index (Phi) is 4.94. The van der Waals surface area contributed by atoms with Gasteiger partial charge in [0, 0.05) is 34.3 Å². The molecular formula is C19H13BrN2O5S. The average Bonchev–Trinajstić information content (AvgIpc) is 3.17. The monoisotopic (exact) mass is 460 g/mol.